The number of esters is 1. The highest BCUT2D eigenvalue weighted by Gasteiger charge is 2.50. The lowest BCUT2D eigenvalue weighted by atomic mass is 9.68. The zero-order valence-electron chi connectivity index (χ0n) is 17.8. The molecule has 0 saturated carbocycles. The first kappa shape index (κ1) is 23.5. The number of nitrogens with two attached hydrogens (primary N) is 1. The second-order valence-corrected chi connectivity index (χ2v) is 9.44. The first-order valence-electron chi connectivity index (χ1n) is 9.53. The van der Waals surface area contributed by atoms with Crippen LogP contribution in [0.15, 0.2) is 23.7 Å². The number of aromatic nitrogens is 3. The summed E-state index contributed by atoms with van der Waals surface area (Å²) >= 11 is 1.46. The maximum atomic E-state index is 12.5. The number of carboxylic acid groups (broad SMARTS) is 1. The molecule has 2 unspecified atom stereocenters. The van der Waals surface area contributed by atoms with Crippen LogP contribution >= 0.6 is 11.3 Å². The molecule has 164 valence electrons. The lowest BCUT2D eigenvalue weighted by Crippen LogP contribution is -2.50. The molecule has 0 fully saturated rings. The molecule has 2 aromatic heterocycles. The molecule has 0 aliphatic rings. The predicted molar refractivity (Wildman–Crippen MR) is 112 cm³/mol. The summed E-state index contributed by atoms with van der Waals surface area (Å²) in [5.41, 5.74) is 2.24. The van der Waals surface area contributed by atoms with Gasteiger partial charge in [0.05, 0.1) is 28.5 Å². The molecular weight excluding hydrogens is 408 g/mol. The topological polar surface area (TPSA) is 137 Å². The van der Waals surface area contributed by atoms with Crippen molar-refractivity contribution in [3.8, 4) is 10.6 Å². The van der Waals surface area contributed by atoms with Crippen molar-refractivity contribution in [2.24, 2.45) is 16.6 Å². The van der Waals surface area contributed by atoms with Crippen molar-refractivity contribution in [3.05, 3.63) is 23.7 Å². The van der Waals surface area contributed by atoms with Gasteiger partial charge in [0.2, 0.25) is 5.91 Å². The van der Waals surface area contributed by atoms with Crippen LogP contribution in [-0.2, 0) is 24.7 Å². The quantitative estimate of drug-likeness (QED) is 0.546. The fourth-order valence-electron chi connectivity index (χ4n) is 3.67. The number of thiophene rings is 1. The van der Waals surface area contributed by atoms with Crippen LogP contribution in [0.3, 0.4) is 0 Å². The van der Waals surface area contributed by atoms with Gasteiger partial charge in [-0.15, -0.1) is 16.4 Å². The van der Waals surface area contributed by atoms with Gasteiger partial charge >= 0.3 is 11.9 Å². The molecule has 0 radical (unpaired) electrons. The fourth-order valence-corrected chi connectivity index (χ4v) is 4.35. The Morgan fingerprint density at radius 2 is 1.90 bits per heavy atom. The third-order valence-corrected chi connectivity index (χ3v) is 6.11. The van der Waals surface area contributed by atoms with Crippen LogP contribution in [0.1, 0.15) is 47.5 Å². The Labute approximate surface area is 179 Å². The van der Waals surface area contributed by atoms with Crippen LogP contribution in [0.25, 0.3) is 10.6 Å². The maximum Gasteiger partial charge on any atom is 0.311 e. The number of ether oxygens (including phenoxy) is 1. The van der Waals surface area contributed by atoms with Crippen LogP contribution in [-0.4, -0.2) is 44.6 Å². The number of rotatable bonds is 10. The average Bonchev–Trinajstić information content (AvgIpc) is 3.32. The second kappa shape index (κ2) is 8.55. The first-order chi connectivity index (χ1) is 13.9. The van der Waals surface area contributed by atoms with Gasteiger partial charge in [0, 0.05) is 0 Å². The van der Waals surface area contributed by atoms with E-state index in [2.05, 4.69) is 10.3 Å². The van der Waals surface area contributed by atoms with E-state index in [0.717, 1.165) is 4.88 Å². The number of aliphatic carboxylic acids is 1. The highest BCUT2D eigenvalue weighted by atomic mass is 32.1. The number of nitrogens with zero attached hydrogens (tertiary/aromatic N) is 3. The molecule has 0 aliphatic heterocycles. The van der Waals surface area contributed by atoms with E-state index in [1.807, 2.05) is 17.5 Å². The van der Waals surface area contributed by atoms with Crippen LogP contribution in [0.2, 0.25) is 0 Å². The molecule has 9 nitrogen and oxygen atoms in total. The van der Waals surface area contributed by atoms with Crippen molar-refractivity contribution in [2.75, 3.05) is 6.61 Å². The Hall–Kier alpha value is -2.75. The van der Waals surface area contributed by atoms with Gasteiger partial charge in [0.1, 0.15) is 11.2 Å². The number of carbonyl (C=O) groups excluding carboxylic acids is 2. The van der Waals surface area contributed by atoms with Gasteiger partial charge in [-0.1, -0.05) is 11.3 Å². The molecule has 2 atom stereocenters. The minimum Gasteiger partial charge on any atom is -0.481 e. The molecule has 30 heavy (non-hydrogen) atoms. The van der Waals surface area contributed by atoms with E-state index >= 15 is 0 Å². The molecule has 10 heteroatoms. The minimum atomic E-state index is -1.47. The van der Waals surface area contributed by atoms with Crippen LogP contribution in [0.4, 0.5) is 0 Å². The molecule has 2 aromatic rings. The largest absolute Gasteiger partial charge is 0.481 e. The molecule has 0 bridgehead atoms. The van der Waals surface area contributed by atoms with Gasteiger partial charge in [-0.05, 0) is 58.9 Å². The van der Waals surface area contributed by atoms with Gasteiger partial charge in [-0.25, -0.2) is 4.68 Å². The van der Waals surface area contributed by atoms with Crippen LogP contribution in [0.5, 0.6) is 0 Å². The predicted octanol–water partition coefficient (Wildman–Crippen LogP) is 2.67. The SMILES string of the molecule is CCOC(=O)C(C)(C)CC(C)(CC(C)(C(N)=O)n1cc(-c2cccs2)nn1)C(=O)O. The van der Waals surface area contributed by atoms with Crippen molar-refractivity contribution >= 4 is 29.2 Å². The number of hydrogen-bond acceptors (Lipinski definition) is 7. The Bertz CT molecular complexity index is 924. The molecule has 2 rings (SSSR count). The fraction of sp³-hybridized carbons (Fsp3) is 0.550. The average molecular weight is 437 g/mol. The summed E-state index contributed by atoms with van der Waals surface area (Å²) in [5.74, 6) is -2.39. The summed E-state index contributed by atoms with van der Waals surface area (Å²) in [6.07, 6.45) is 1.35. The number of carbonyl (C=O) groups is 3. The standard InChI is InChI=1S/C20H28N4O5S/c1-6-29-17(28)18(2,3)11-19(4,16(26)27)12-20(5,15(21)25)24-10-13(22-23-24)14-8-7-9-30-14/h7-10H,6,11-12H2,1-5H3,(H2,21,25)(H,26,27). The van der Waals surface area contributed by atoms with E-state index in [1.165, 1.54) is 29.9 Å². The van der Waals surface area contributed by atoms with Crippen LogP contribution < -0.4 is 5.73 Å². The highest BCUT2D eigenvalue weighted by Crippen LogP contribution is 2.43. The minimum absolute atomic E-state index is 0.0521. The zero-order valence-corrected chi connectivity index (χ0v) is 18.7. The molecule has 0 saturated heterocycles. The summed E-state index contributed by atoms with van der Waals surface area (Å²) in [5, 5.41) is 20.1. The van der Waals surface area contributed by atoms with E-state index in [1.54, 1.807) is 27.0 Å². The molecule has 2 heterocycles. The number of carboxylic acids is 1. The van der Waals surface area contributed by atoms with E-state index in [0.29, 0.717) is 5.69 Å². The molecule has 0 aromatic carbocycles. The normalized spacial score (nSPS) is 15.8. The Morgan fingerprint density at radius 1 is 1.23 bits per heavy atom. The molecule has 0 spiro atoms. The lowest BCUT2D eigenvalue weighted by molar-refractivity contribution is -0.161. The van der Waals surface area contributed by atoms with Crippen molar-refractivity contribution in [1.29, 1.82) is 0 Å². The molecular formula is C20H28N4O5S. The van der Waals surface area contributed by atoms with Gasteiger partial charge in [-0.3, -0.25) is 14.4 Å². The van der Waals surface area contributed by atoms with Gasteiger partial charge in [-0.2, -0.15) is 0 Å². The van der Waals surface area contributed by atoms with Crippen molar-refractivity contribution < 1.29 is 24.2 Å². The van der Waals surface area contributed by atoms with E-state index in [4.69, 9.17) is 10.5 Å². The number of amides is 1. The van der Waals surface area contributed by atoms with Gasteiger partial charge < -0.3 is 15.6 Å². The lowest BCUT2D eigenvalue weighted by Gasteiger charge is -2.38. The Morgan fingerprint density at radius 3 is 2.40 bits per heavy atom. The third kappa shape index (κ3) is 4.69. The van der Waals surface area contributed by atoms with Crippen molar-refractivity contribution in [1.82, 2.24) is 15.0 Å². The van der Waals surface area contributed by atoms with Gasteiger partial charge in [0.25, 0.3) is 0 Å². The Balaban J connectivity index is 2.41. The van der Waals surface area contributed by atoms with Crippen LogP contribution in [0, 0.1) is 10.8 Å². The van der Waals surface area contributed by atoms with E-state index < -0.39 is 34.2 Å². The Kier molecular flexibility index (Phi) is 6.70. The molecule has 3 N–H and O–H groups in total. The highest BCUT2D eigenvalue weighted by molar-refractivity contribution is 7.13. The maximum absolute atomic E-state index is 12.5. The summed E-state index contributed by atoms with van der Waals surface area (Å²) in [6.45, 7) is 8.14. The van der Waals surface area contributed by atoms with Gasteiger partial charge in [0.15, 0.2) is 0 Å². The summed E-state index contributed by atoms with van der Waals surface area (Å²) in [4.78, 5) is 37.9. The molecule has 0 aliphatic carbocycles. The molecule has 1 amide bonds. The zero-order chi connectivity index (χ0) is 22.7. The van der Waals surface area contributed by atoms with E-state index in [9.17, 15) is 19.5 Å². The third-order valence-electron chi connectivity index (χ3n) is 5.21. The number of hydrogen-bond donors (Lipinski definition) is 2. The number of primary amides is 1. The van der Waals surface area contributed by atoms with Crippen molar-refractivity contribution in [2.45, 2.75) is 53.0 Å². The van der Waals surface area contributed by atoms with E-state index in [-0.39, 0.29) is 19.4 Å². The van der Waals surface area contributed by atoms with Crippen molar-refractivity contribution in [3.63, 3.8) is 0 Å². The summed E-state index contributed by atoms with van der Waals surface area (Å²) in [7, 11) is 0. The first-order valence-corrected chi connectivity index (χ1v) is 10.4. The monoisotopic (exact) mass is 436 g/mol. The summed E-state index contributed by atoms with van der Waals surface area (Å²) in [6, 6.07) is 3.73. The second-order valence-electron chi connectivity index (χ2n) is 8.49. The smallest absolute Gasteiger partial charge is 0.311 e. The summed E-state index contributed by atoms with van der Waals surface area (Å²) < 4.78 is 6.40.